The topological polar surface area (TPSA) is 71.8 Å². The first kappa shape index (κ1) is 16.5. The van der Waals surface area contributed by atoms with E-state index in [-0.39, 0.29) is 5.56 Å². The smallest absolute Gasteiger partial charge is 0.349 e. The number of fused-ring (bicyclic) bond motifs is 1. The molecule has 6 heteroatoms. The number of methoxy groups -OCH3 is 1. The third-order valence-corrected chi connectivity index (χ3v) is 4.35. The first-order valence-electron chi connectivity index (χ1n) is 8.30. The molecule has 0 bridgehead atoms. The van der Waals surface area contributed by atoms with Crippen LogP contribution in [0, 0.1) is 0 Å². The van der Waals surface area contributed by atoms with Gasteiger partial charge in [-0.15, -0.1) is 0 Å². The molecule has 24 heavy (non-hydrogen) atoms. The Labute approximate surface area is 140 Å². The van der Waals surface area contributed by atoms with Gasteiger partial charge in [0.2, 0.25) is 0 Å². The van der Waals surface area contributed by atoms with Crippen molar-refractivity contribution in [2.24, 2.45) is 0 Å². The Bertz CT molecular complexity index is 778. The summed E-state index contributed by atoms with van der Waals surface area (Å²) in [5.74, 6) is 0.211. The molecule has 1 aromatic heterocycles. The lowest BCUT2D eigenvalue weighted by Crippen LogP contribution is -2.38. The highest BCUT2D eigenvalue weighted by atomic mass is 16.5. The van der Waals surface area contributed by atoms with Gasteiger partial charge in [-0.1, -0.05) is 6.42 Å². The second-order valence-electron chi connectivity index (χ2n) is 6.01. The number of carbonyl (C=O) groups excluding carboxylic acids is 1. The zero-order chi connectivity index (χ0) is 16.9. The van der Waals surface area contributed by atoms with Crippen LogP contribution in [0.4, 0.5) is 0 Å². The minimum Gasteiger partial charge on any atom is -0.497 e. The number of rotatable bonds is 5. The van der Waals surface area contributed by atoms with E-state index in [0.717, 1.165) is 19.6 Å². The highest BCUT2D eigenvalue weighted by molar-refractivity contribution is 5.96. The fraction of sp³-hybridized carbons (Fsp3) is 0.444. The third-order valence-electron chi connectivity index (χ3n) is 4.35. The van der Waals surface area contributed by atoms with Gasteiger partial charge in [0.15, 0.2) is 0 Å². The highest BCUT2D eigenvalue weighted by Gasteiger charge is 2.15. The average Bonchev–Trinajstić information content (AvgIpc) is 2.61. The van der Waals surface area contributed by atoms with E-state index in [1.807, 2.05) is 0 Å². The molecule has 1 amide bonds. The molecule has 128 valence electrons. The monoisotopic (exact) mass is 330 g/mol. The third kappa shape index (κ3) is 3.76. The van der Waals surface area contributed by atoms with E-state index >= 15 is 0 Å². The molecule has 2 heterocycles. The molecule has 0 unspecified atom stereocenters. The predicted octanol–water partition coefficient (Wildman–Crippen LogP) is 2.02. The van der Waals surface area contributed by atoms with Crippen molar-refractivity contribution in [1.29, 1.82) is 0 Å². The van der Waals surface area contributed by atoms with Gasteiger partial charge in [0.25, 0.3) is 5.91 Å². The van der Waals surface area contributed by atoms with Crippen molar-refractivity contribution < 1.29 is 13.9 Å². The van der Waals surface area contributed by atoms with E-state index in [2.05, 4.69) is 10.2 Å². The number of hydrogen-bond donors (Lipinski definition) is 1. The largest absolute Gasteiger partial charge is 0.497 e. The summed E-state index contributed by atoms with van der Waals surface area (Å²) in [5.41, 5.74) is -0.193. The van der Waals surface area contributed by atoms with Crippen LogP contribution in [0.5, 0.6) is 5.75 Å². The van der Waals surface area contributed by atoms with E-state index in [0.29, 0.717) is 23.3 Å². The van der Waals surface area contributed by atoms with Gasteiger partial charge in [-0.3, -0.25) is 4.79 Å². The van der Waals surface area contributed by atoms with Crippen LogP contribution in [0.1, 0.15) is 29.6 Å². The van der Waals surface area contributed by atoms with Gasteiger partial charge in [-0.05, 0) is 44.1 Å². The molecule has 1 saturated heterocycles. The standard InChI is InChI=1S/C18H22N2O4/c1-23-14-6-5-13-11-15(18(22)24-16(13)12-14)17(21)19-7-10-20-8-3-2-4-9-20/h5-6,11-12H,2-4,7-10H2,1H3,(H,19,21). The molecule has 0 radical (unpaired) electrons. The van der Waals surface area contributed by atoms with Gasteiger partial charge in [-0.2, -0.15) is 0 Å². The van der Waals surface area contributed by atoms with Crippen LogP contribution in [0.3, 0.4) is 0 Å². The first-order chi connectivity index (χ1) is 11.7. The quantitative estimate of drug-likeness (QED) is 0.849. The lowest BCUT2D eigenvalue weighted by atomic mass is 10.1. The second-order valence-corrected chi connectivity index (χ2v) is 6.01. The maximum absolute atomic E-state index is 12.3. The van der Waals surface area contributed by atoms with Gasteiger partial charge >= 0.3 is 5.63 Å². The number of likely N-dealkylation sites (tertiary alicyclic amines) is 1. The molecule has 1 fully saturated rings. The van der Waals surface area contributed by atoms with Crippen molar-refractivity contribution in [3.63, 3.8) is 0 Å². The molecule has 1 aliphatic rings. The molecule has 0 spiro atoms. The fourth-order valence-corrected chi connectivity index (χ4v) is 2.98. The maximum atomic E-state index is 12.3. The Morgan fingerprint density at radius 1 is 1.25 bits per heavy atom. The Morgan fingerprint density at radius 2 is 2.04 bits per heavy atom. The molecule has 2 aromatic rings. The van der Waals surface area contributed by atoms with Crippen LogP contribution in [-0.4, -0.2) is 44.1 Å². The van der Waals surface area contributed by atoms with Crippen LogP contribution in [0.15, 0.2) is 33.5 Å². The van der Waals surface area contributed by atoms with Crippen LogP contribution < -0.4 is 15.7 Å². The zero-order valence-electron chi connectivity index (χ0n) is 13.8. The van der Waals surface area contributed by atoms with Gasteiger partial charge in [-0.25, -0.2) is 4.79 Å². The number of nitrogens with zero attached hydrogens (tertiary/aromatic N) is 1. The molecule has 1 aliphatic heterocycles. The normalized spacial score (nSPS) is 15.4. The average molecular weight is 330 g/mol. The lowest BCUT2D eigenvalue weighted by Gasteiger charge is -2.26. The van der Waals surface area contributed by atoms with Crippen molar-refractivity contribution in [3.8, 4) is 5.75 Å². The van der Waals surface area contributed by atoms with Gasteiger partial charge in [0, 0.05) is 24.5 Å². The lowest BCUT2D eigenvalue weighted by molar-refractivity contribution is 0.0943. The van der Waals surface area contributed by atoms with Gasteiger partial charge in [0.1, 0.15) is 16.9 Å². The summed E-state index contributed by atoms with van der Waals surface area (Å²) in [6, 6.07) is 6.73. The number of carbonyl (C=O) groups is 1. The Morgan fingerprint density at radius 3 is 2.79 bits per heavy atom. The predicted molar refractivity (Wildman–Crippen MR) is 91.7 cm³/mol. The van der Waals surface area contributed by atoms with Gasteiger partial charge < -0.3 is 19.4 Å². The molecule has 6 nitrogen and oxygen atoms in total. The van der Waals surface area contributed by atoms with E-state index in [9.17, 15) is 9.59 Å². The SMILES string of the molecule is COc1ccc2cc(C(=O)NCCN3CCCCC3)c(=O)oc2c1. The molecule has 0 aliphatic carbocycles. The van der Waals surface area contributed by atoms with E-state index in [1.165, 1.54) is 19.3 Å². The Balaban J connectivity index is 1.67. The number of piperidine rings is 1. The molecular weight excluding hydrogens is 308 g/mol. The number of ether oxygens (including phenoxy) is 1. The molecule has 3 rings (SSSR count). The summed E-state index contributed by atoms with van der Waals surface area (Å²) in [6.07, 6.45) is 3.71. The van der Waals surface area contributed by atoms with Crippen LogP contribution >= 0.6 is 0 Å². The fourth-order valence-electron chi connectivity index (χ4n) is 2.98. The number of nitrogens with one attached hydrogen (secondary N) is 1. The van der Waals surface area contributed by atoms with Crippen LogP contribution in [-0.2, 0) is 0 Å². The van der Waals surface area contributed by atoms with E-state index < -0.39 is 11.5 Å². The first-order valence-corrected chi connectivity index (χ1v) is 8.30. The minimum atomic E-state index is -0.633. The Kier molecular flexibility index (Phi) is 5.15. The molecular formula is C18H22N2O4. The molecule has 0 atom stereocenters. The summed E-state index contributed by atoms with van der Waals surface area (Å²) in [5, 5.41) is 3.50. The van der Waals surface area contributed by atoms with E-state index in [4.69, 9.17) is 9.15 Å². The molecule has 1 aromatic carbocycles. The molecule has 1 N–H and O–H groups in total. The molecule has 0 saturated carbocycles. The van der Waals surface area contributed by atoms with Crippen LogP contribution in [0.2, 0.25) is 0 Å². The summed E-state index contributed by atoms with van der Waals surface area (Å²) in [4.78, 5) is 26.7. The number of hydrogen-bond acceptors (Lipinski definition) is 5. The van der Waals surface area contributed by atoms with Crippen molar-refractivity contribution in [3.05, 3.63) is 40.2 Å². The van der Waals surface area contributed by atoms with Crippen molar-refractivity contribution in [2.75, 3.05) is 33.3 Å². The van der Waals surface area contributed by atoms with Crippen LogP contribution in [0.25, 0.3) is 11.0 Å². The van der Waals surface area contributed by atoms with Gasteiger partial charge in [0.05, 0.1) is 7.11 Å². The minimum absolute atomic E-state index is 0.0336. The summed E-state index contributed by atoms with van der Waals surface area (Å²) >= 11 is 0. The number of amides is 1. The second kappa shape index (κ2) is 7.49. The van der Waals surface area contributed by atoms with Crippen molar-refractivity contribution in [2.45, 2.75) is 19.3 Å². The Hall–Kier alpha value is -2.34. The summed E-state index contributed by atoms with van der Waals surface area (Å²) in [6.45, 7) is 3.49. The zero-order valence-corrected chi connectivity index (χ0v) is 13.8. The number of benzene rings is 1. The van der Waals surface area contributed by atoms with Crippen molar-refractivity contribution >= 4 is 16.9 Å². The summed E-state index contributed by atoms with van der Waals surface area (Å²) in [7, 11) is 1.55. The summed E-state index contributed by atoms with van der Waals surface area (Å²) < 4.78 is 10.4. The van der Waals surface area contributed by atoms with E-state index in [1.54, 1.807) is 31.4 Å². The highest BCUT2D eigenvalue weighted by Crippen LogP contribution is 2.20. The van der Waals surface area contributed by atoms with Crippen molar-refractivity contribution in [1.82, 2.24) is 10.2 Å². The maximum Gasteiger partial charge on any atom is 0.349 e.